The zero-order chi connectivity index (χ0) is 13.2. The number of fused-ring (bicyclic) bond motifs is 1. The molecular weight excluding hydrogens is 270 g/mol. The lowest BCUT2D eigenvalue weighted by Crippen LogP contribution is -2.34. The molecular formula is C16H21NS2. The largest absolute Gasteiger partial charge is 0.307 e. The van der Waals surface area contributed by atoms with E-state index in [9.17, 15) is 0 Å². The summed E-state index contributed by atoms with van der Waals surface area (Å²) in [7, 11) is 0. The third-order valence-electron chi connectivity index (χ3n) is 3.98. The summed E-state index contributed by atoms with van der Waals surface area (Å²) in [5, 5.41) is 5.26. The molecule has 1 saturated heterocycles. The van der Waals surface area contributed by atoms with Crippen molar-refractivity contribution in [1.29, 1.82) is 0 Å². The van der Waals surface area contributed by atoms with E-state index in [-0.39, 0.29) is 0 Å². The second kappa shape index (κ2) is 5.86. The van der Waals surface area contributed by atoms with Gasteiger partial charge in [-0.1, -0.05) is 18.2 Å². The lowest BCUT2D eigenvalue weighted by molar-refractivity contribution is 0.434. The third kappa shape index (κ3) is 2.83. The summed E-state index contributed by atoms with van der Waals surface area (Å²) in [6, 6.07) is 9.95. The van der Waals surface area contributed by atoms with Crippen molar-refractivity contribution in [1.82, 2.24) is 5.32 Å². The molecule has 0 radical (unpaired) electrons. The highest BCUT2D eigenvalue weighted by molar-refractivity contribution is 7.99. The van der Waals surface area contributed by atoms with Gasteiger partial charge in [-0.05, 0) is 55.2 Å². The normalized spacial score (nSPS) is 18.8. The molecule has 0 spiro atoms. The van der Waals surface area contributed by atoms with E-state index < -0.39 is 0 Å². The Bertz CT molecular complexity index is 555. The molecule has 1 atom stereocenters. The van der Waals surface area contributed by atoms with Gasteiger partial charge < -0.3 is 5.32 Å². The van der Waals surface area contributed by atoms with Gasteiger partial charge in [-0.15, -0.1) is 11.3 Å². The van der Waals surface area contributed by atoms with Crippen LogP contribution in [0.15, 0.2) is 24.3 Å². The maximum absolute atomic E-state index is 3.83. The Morgan fingerprint density at radius 1 is 1.21 bits per heavy atom. The topological polar surface area (TPSA) is 12.0 Å². The van der Waals surface area contributed by atoms with Gasteiger partial charge in [-0.3, -0.25) is 0 Å². The number of nitrogens with one attached hydrogen (secondary N) is 1. The van der Waals surface area contributed by atoms with Crippen molar-refractivity contribution in [2.75, 3.05) is 11.5 Å². The van der Waals surface area contributed by atoms with Gasteiger partial charge in [0, 0.05) is 21.7 Å². The summed E-state index contributed by atoms with van der Waals surface area (Å²) < 4.78 is 1.42. The van der Waals surface area contributed by atoms with Crippen LogP contribution in [0.2, 0.25) is 0 Å². The highest BCUT2D eigenvalue weighted by atomic mass is 32.2. The van der Waals surface area contributed by atoms with Gasteiger partial charge in [0.15, 0.2) is 0 Å². The van der Waals surface area contributed by atoms with Gasteiger partial charge in [0.2, 0.25) is 0 Å². The van der Waals surface area contributed by atoms with E-state index in [1.807, 2.05) is 11.3 Å². The Labute approximate surface area is 123 Å². The van der Waals surface area contributed by atoms with Gasteiger partial charge in [0.25, 0.3) is 0 Å². The van der Waals surface area contributed by atoms with Crippen LogP contribution in [-0.2, 0) is 0 Å². The Morgan fingerprint density at radius 2 is 1.95 bits per heavy atom. The summed E-state index contributed by atoms with van der Waals surface area (Å²) >= 11 is 4.04. The highest BCUT2D eigenvalue weighted by Gasteiger charge is 2.19. The van der Waals surface area contributed by atoms with Crippen LogP contribution in [0.4, 0.5) is 0 Å². The van der Waals surface area contributed by atoms with Crippen molar-refractivity contribution in [3.8, 4) is 0 Å². The third-order valence-corrected chi connectivity index (χ3v) is 6.49. The van der Waals surface area contributed by atoms with E-state index in [0.717, 1.165) is 0 Å². The average molecular weight is 291 g/mol. The van der Waals surface area contributed by atoms with Crippen LogP contribution >= 0.6 is 23.1 Å². The number of thiophene rings is 1. The van der Waals surface area contributed by atoms with E-state index in [0.29, 0.717) is 12.1 Å². The van der Waals surface area contributed by atoms with Crippen molar-refractivity contribution in [2.24, 2.45) is 0 Å². The first-order valence-electron chi connectivity index (χ1n) is 7.07. The van der Waals surface area contributed by atoms with Gasteiger partial charge in [0.1, 0.15) is 0 Å². The molecule has 1 aromatic heterocycles. The van der Waals surface area contributed by atoms with Crippen LogP contribution in [0.5, 0.6) is 0 Å². The van der Waals surface area contributed by atoms with Gasteiger partial charge in [-0.25, -0.2) is 0 Å². The zero-order valence-electron chi connectivity index (χ0n) is 11.6. The standard InChI is InChI=1S/C16H21NS2/c1-11-14-5-3-4-6-15(14)19-16(11)12(2)17-13-7-9-18-10-8-13/h3-6,12-13,17H,7-10H2,1-2H3. The van der Waals surface area contributed by atoms with E-state index in [1.165, 1.54) is 44.9 Å². The van der Waals surface area contributed by atoms with E-state index in [1.54, 1.807) is 0 Å². The molecule has 1 nitrogen and oxygen atoms in total. The van der Waals surface area contributed by atoms with Crippen LogP contribution in [0, 0.1) is 6.92 Å². The molecule has 3 rings (SSSR count). The first-order chi connectivity index (χ1) is 9.25. The molecule has 0 saturated carbocycles. The van der Waals surface area contributed by atoms with Crippen LogP contribution in [0.3, 0.4) is 0 Å². The van der Waals surface area contributed by atoms with E-state index >= 15 is 0 Å². The molecule has 102 valence electrons. The Kier molecular flexibility index (Phi) is 4.15. The van der Waals surface area contributed by atoms with Crippen molar-refractivity contribution in [3.05, 3.63) is 34.7 Å². The number of hydrogen-bond acceptors (Lipinski definition) is 3. The summed E-state index contributed by atoms with van der Waals surface area (Å²) in [5.74, 6) is 2.63. The molecule has 1 N–H and O–H groups in total. The van der Waals surface area contributed by atoms with E-state index in [4.69, 9.17) is 0 Å². The quantitative estimate of drug-likeness (QED) is 0.875. The molecule has 1 aliphatic rings. The first-order valence-corrected chi connectivity index (χ1v) is 9.04. The Morgan fingerprint density at radius 3 is 2.68 bits per heavy atom. The molecule has 0 bridgehead atoms. The molecule has 1 aromatic carbocycles. The Balaban J connectivity index is 1.80. The molecule has 0 aliphatic carbocycles. The lowest BCUT2D eigenvalue weighted by atomic mass is 10.1. The molecule has 1 unspecified atom stereocenters. The molecule has 3 heteroatoms. The minimum atomic E-state index is 0.477. The smallest absolute Gasteiger partial charge is 0.0391 e. The predicted octanol–water partition coefficient (Wildman–Crippen LogP) is 4.76. The van der Waals surface area contributed by atoms with Crippen molar-refractivity contribution in [3.63, 3.8) is 0 Å². The molecule has 2 aromatic rings. The zero-order valence-corrected chi connectivity index (χ0v) is 13.2. The molecule has 1 fully saturated rings. The van der Waals surface area contributed by atoms with Crippen LogP contribution in [0.25, 0.3) is 10.1 Å². The highest BCUT2D eigenvalue weighted by Crippen LogP contribution is 2.35. The number of benzene rings is 1. The fraction of sp³-hybridized carbons (Fsp3) is 0.500. The minimum Gasteiger partial charge on any atom is -0.307 e. The summed E-state index contributed by atoms with van der Waals surface area (Å²) in [6.45, 7) is 4.59. The number of rotatable bonds is 3. The lowest BCUT2D eigenvalue weighted by Gasteiger charge is -2.26. The minimum absolute atomic E-state index is 0.477. The molecule has 19 heavy (non-hydrogen) atoms. The number of aryl methyl sites for hydroxylation is 1. The summed E-state index contributed by atoms with van der Waals surface area (Å²) in [6.07, 6.45) is 2.64. The van der Waals surface area contributed by atoms with Crippen molar-refractivity contribution < 1.29 is 0 Å². The monoisotopic (exact) mass is 291 g/mol. The maximum atomic E-state index is 3.83. The van der Waals surface area contributed by atoms with Crippen LogP contribution in [-0.4, -0.2) is 17.5 Å². The molecule has 0 amide bonds. The van der Waals surface area contributed by atoms with Crippen LogP contribution < -0.4 is 5.32 Å². The Hall–Kier alpha value is -0.510. The van der Waals surface area contributed by atoms with Crippen molar-refractivity contribution in [2.45, 2.75) is 38.8 Å². The number of hydrogen-bond donors (Lipinski definition) is 1. The molecule has 1 aliphatic heterocycles. The van der Waals surface area contributed by atoms with Crippen LogP contribution in [0.1, 0.15) is 36.2 Å². The second-order valence-electron chi connectivity index (χ2n) is 5.36. The average Bonchev–Trinajstić information content (AvgIpc) is 2.78. The van der Waals surface area contributed by atoms with Crippen molar-refractivity contribution >= 4 is 33.2 Å². The summed E-state index contributed by atoms with van der Waals surface area (Å²) in [4.78, 5) is 1.51. The molecule has 2 heterocycles. The number of thioether (sulfide) groups is 1. The first kappa shape index (κ1) is 13.5. The van der Waals surface area contributed by atoms with Gasteiger partial charge in [-0.2, -0.15) is 11.8 Å². The fourth-order valence-electron chi connectivity index (χ4n) is 2.90. The van der Waals surface area contributed by atoms with Gasteiger partial charge in [0.05, 0.1) is 0 Å². The SMILES string of the molecule is Cc1c(C(C)NC2CCSCC2)sc2ccccc12. The van der Waals surface area contributed by atoms with Gasteiger partial charge >= 0.3 is 0 Å². The predicted molar refractivity (Wildman–Crippen MR) is 88.5 cm³/mol. The second-order valence-corrected chi connectivity index (χ2v) is 7.67. The maximum Gasteiger partial charge on any atom is 0.0391 e. The van der Waals surface area contributed by atoms with E-state index in [2.05, 4.69) is 55.2 Å². The fourth-order valence-corrected chi connectivity index (χ4v) is 5.23. The summed E-state index contributed by atoms with van der Waals surface area (Å²) in [5.41, 5.74) is 1.46.